The Morgan fingerprint density at radius 3 is 2.46 bits per heavy atom. The zero-order chi connectivity index (χ0) is 8.81. The number of hydrogen-bond donors (Lipinski definition) is 2. The van der Waals surface area contributed by atoms with Crippen LogP contribution >= 0.6 is 12.4 Å². The van der Waals surface area contributed by atoms with Gasteiger partial charge in [0.05, 0.1) is 13.2 Å². The van der Waals surface area contributed by atoms with Crippen LogP contribution in [0.3, 0.4) is 0 Å². The van der Waals surface area contributed by atoms with Crippen LogP contribution in [0.5, 0.6) is 0 Å². The molecule has 1 rings (SSSR count). The van der Waals surface area contributed by atoms with E-state index in [1.807, 2.05) is 0 Å². The Balaban J connectivity index is 0.00000144. The van der Waals surface area contributed by atoms with Crippen LogP contribution in [0.25, 0.3) is 0 Å². The van der Waals surface area contributed by atoms with E-state index in [2.05, 4.69) is 10.2 Å². The molecule has 0 aromatic rings. The highest BCUT2D eigenvalue weighted by Crippen LogP contribution is 2.06. The van der Waals surface area contributed by atoms with Gasteiger partial charge >= 0.3 is 0 Å². The highest BCUT2D eigenvalue weighted by molar-refractivity contribution is 5.85. The molecule has 0 saturated carbocycles. The normalized spacial score (nSPS) is 17.6. The smallest absolute Gasteiger partial charge is 0.234 e. The van der Waals surface area contributed by atoms with E-state index in [1.165, 1.54) is 19.3 Å². The molecule has 0 bridgehead atoms. The lowest BCUT2D eigenvalue weighted by Gasteiger charge is -2.26. The van der Waals surface area contributed by atoms with E-state index in [0.717, 1.165) is 13.1 Å². The van der Waals surface area contributed by atoms with Gasteiger partial charge in [-0.3, -0.25) is 9.69 Å². The van der Waals surface area contributed by atoms with Crippen molar-refractivity contribution in [1.82, 2.24) is 10.2 Å². The molecule has 1 amide bonds. The molecule has 0 aromatic heterocycles. The van der Waals surface area contributed by atoms with Gasteiger partial charge in [0.2, 0.25) is 5.91 Å². The zero-order valence-corrected chi connectivity index (χ0v) is 8.61. The van der Waals surface area contributed by atoms with Gasteiger partial charge in [0.25, 0.3) is 0 Å². The Hall–Kier alpha value is -0.320. The van der Waals surface area contributed by atoms with Gasteiger partial charge in [-0.25, -0.2) is 0 Å². The lowest BCUT2D eigenvalue weighted by Crippen LogP contribution is -2.42. The maximum absolute atomic E-state index is 10.8. The molecule has 4 nitrogen and oxygen atoms in total. The summed E-state index contributed by atoms with van der Waals surface area (Å²) in [6.07, 6.45) is 3.82. The van der Waals surface area contributed by atoms with Crippen molar-refractivity contribution in [3.63, 3.8) is 0 Å². The van der Waals surface area contributed by atoms with E-state index in [0.29, 0.717) is 6.67 Å². The molecule has 1 fully saturated rings. The molecule has 5 heteroatoms. The molecular formula is C8H18ClN3O. The van der Waals surface area contributed by atoms with E-state index in [4.69, 9.17) is 5.73 Å². The Labute approximate surface area is 85.3 Å². The third-order valence-corrected chi connectivity index (χ3v) is 2.13. The molecule has 0 spiro atoms. The van der Waals surface area contributed by atoms with Crippen molar-refractivity contribution in [1.29, 1.82) is 0 Å². The summed E-state index contributed by atoms with van der Waals surface area (Å²) in [5.41, 5.74) is 5.16. The van der Waals surface area contributed by atoms with Crippen molar-refractivity contribution >= 4 is 18.3 Å². The molecule has 1 aliphatic heterocycles. The maximum atomic E-state index is 10.8. The number of carbonyl (C=O) groups is 1. The SMILES string of the molecule is Cl.NCC(=O)NCN1CCCCC1. The third kappa shape index (κ3) is 5.08. The second-order valence-electron chi connectivity index (χ2n) is 3.14. The lowest BCUT2D eigenvalue weighted by atomic mass is 10.1. The number of nitrogens with one attached hydrogen (secondary N) is 1. The highest BCUT2D eigenvalue weighted by atomic mass is 35.5. The van der Waals surface area contributed by atoms with E-state index < -0.39 is 0 Å². The lowest BCUT2D eigenvalue weighted by molar-refractivity contribution is -0.120. The molecule has 3 N–H and O–H groups in total. The first-order chi connectivity index (χ1) is 5.83. The van der Waals surface area contributed by atoms with Gasteiger partial charge in [-0.15, -0.1) is 12.4 Å². The van der Waals surface area contributed by atoms with Gasteiger partial charge < -0.3 is 11.1 Å². The quantitative estimate of drug-likeness (QED) is 0.681. The number of carbonyl (C=O) groups excluding carboxylic acids is 1. The molecule has 0 unspecified atom stereocenters. The minimum Gasteiger partial charge on any atom is -0.342 e. The van der Waals surface area contributed by atoms with E-state index in [1.54, 1.807) is 0 Å². The molecule has 13 heavy (non-hydrogen) atoms. The number of rotatable bonds is 3. The molecule has 1 heterocycles. The number of likely N-dealkylation sites (tertiary alicyclic amines) is 1. The van der Waals surface area contributed by atoms with Crippen LogP contribution in [-0.2, 0) is 4.79 Å². The molecule has 0 aromatic carbocycles. The Bertz CT molecular complexity index is 148. The fourth-order valence-corrected chi connectivity index (χ4v) is 1.39. The molecular weight excluding hydrogens is 190 g/mol. The van der Waals surface area contributed by atoms with Gasteiger partial charge in [-0.2, -0.15) is 0 Å². The molecule has 0 radical (unpaired) electrons. The predicted octanol–water partition coefficient (Wildman–Crippen LogP) is -0.0735. The molecule has 0 atom stereocenters. The number of halogens is 1. The third-order valence-electron chi connectivity index (χ3n) is 2.13. The summed E-state index contributed by atoms with van der Waals surface area (Å²) in [7, 11) is 0. The molecule has 78 valence electrons. The Kier molecular flexibility index (Phi) is 6.94. The van der Waals surface area contributed by atoms with Crippen LogP contribution in [0.4, 0.5) is 0 Å². The summed E-state index contributed by atoms with van der Waals surface area (Å²) >= 11 is 0. The topological polar surface area (TPSA) is 58.4 Å². The number of nitrogens with two attached hydrogens (primary N) is 1. The van der Waals surface area contributed by atoms with Crippen LogP contribution in [0, 0.1) is 0 Å². The summed E-state index contributed by atoms with van der Waals surface area (Å²) < 4.78 is 0. The summed E-state index contributed by atoms with van der Waals surface area (Å²) in [5, 5.41) is 2.76. The maximum Gasteiger partial charge on any atom is 0.234 e. The standard InChI is InChI=1S/C8H17N3O.ClH/c9-6-8(12)10-7-11-4-2-1-3-5-11;/h1-7,9H2,(H,10,12);1H. The van der Waals surface area contributed by atoms with E-state index >= 15 is 0 Å². The molecule has 1 aliphatic rings. The van der Waals surface area contributed by atoms with Crippen molar-refractivity contribution in [3.05, 3.63) is 0 Å². The van der Waals surface area contributed by atoms with Crippen LogP contribution in [0.2, 0.25) is 0 Å². The minimum absolute atomic E-state index is 0. The number of piperidine rings is 1. The highest BCUT2D eigenvalue weighted by Gasteiger charge is 2.09. The van der Waals surface area contributed by atoms with Crippen molar-refractivity contribution in [2.75, 3.05) is 26.3 Å². The summed E-state index contributed by atoms with van der Waals surface area (Å²) in [6, 6.07) is 0. The fourth-order valence-electron chi connectivity index (χ4n) is 1.39. The fraction of sp³-hybridized carbons (Fsp3) is 0.875. The molecule has 0 aliphatic carbocycles. The van der Waals surface area contributed by atoms with Crippen molar-refractivity contribution in [2.24, 2.45) is 5.73 Å². The first-order valence-electron chi connectivity index (χ1n) is 4.52. The largest absolute Gasteiger partial charge is 0.342 e. The van der Waals surface area contributed by atoms with E-state index in [-0.39, 0.29) is 24.9 Å². The van der Waals surface area contributed by atoms with Crippen molar-refractivity contribution < 1.29 is 4.79 Å². The number of hydrogen-bond acceptors (Lipinski definition) is 3. The van der Waals surface area contributed by atoms with Gasteiger partial charge in [0, 0.05) is 0 Å². The van der Waals surface area contributed by atoms with Gasteiger partial charge in [0.15, 0.2) is 0 Å². The summed E-state index contributed by atoms with van der Waals surface area (Å²) in [5.74, 6) is -0.0689. The van der Waals surface area contributed by atoms with Gasteiger partial charge in [-0.1, -0.05) is 6.42 Å². The van der Waals surface area contributed by atoms with Crippen LogP contribution in [0.15, 0.2) is 0 Å². The zero-order valence-electron chi connectivity index (χ0n) is 7.79. The summed E-state index contributed by atoms with van der Waals surface area (Å²) in [6.45, 7) is 2.96. The second kappa shape index (κ2) is 7.12. The average molecular weight is 208 g/mol. The first kappa shape index (κ1) is 12.7. The van der Waals surface area contributed by atoms with Crippen molar-refractivity contribution in [2.45, 2.75) is 19.3 Å². The minimum atomic E-state index is -0.0689. The first-order valence-corrected chi connectivity index (χ1v) is 4.52. The monoisotopic (exact) mass is 207 g/mol. The van der Waals surface area contributed by atoms with Gasteiger partial charge in [-0.05, 0) is 25.9 Å². The Morgan fingerprint density at radius 2 is 1.92 bits per heavy atom. The molecule has 1 saturated heterocycles. The summed E-state index contributed by atoms with van der Waals surface area (Å²) in [4.78, 5) is 13.0. The number of nitrogens with zero attached hydrogens (tertiary/aromatic N) is 1. The van der Waals surface area contributed by atoms with Crippen LogP contribution < -0.4 is 11.1 Å². The predicted molar refractivity (Wildman–Crippen MR) is 54.7 cm³/mol. The van der Waals surface area contributed by atoms with Gasteiger partial charge in [0.1, 0.15) is 0 Å². The second-order valence-corrected chi connectivity index (χ2v) is 3.14. The van der Waals surface area contributed by atoms with E-state index in [9.17, 15) is 4.79 Å². The average Bonchev–Trinajstić information content (AvgIpc) is 2.16. The Morgan fingerprint density at radius 1 is 1.31 bits per heavy atom. The number of amides is 1. The van der Waals surface area contributed by atoms with Crippen molar-refractivity contribution in [3.8, 4) is 0 Å². The van der Waals surface area contributed by atoms with Crippen LogP contribution in [-0.4, -0.2) is 37.1 Å². The van der Waals surface area contributed by atoms with Crippen LogP contribution in [0.1, 0.15) is 19.3 Å².